The molecule has 0 spiro atoms. The number of rotatable bonds is 2. The highest BCUT2D eigenvalue weighted by Crippen LogP contribution is 1.69. The smallest absolute Gasteiger partial charge is 0.400 e. The van der Waals surface area contributed by atoms with Crippen LogP contribution in [0.4, 0.5) is 0 Å². The second kappa shape index (κ2) is 3.11. The molecule has 0 rings (SSSR count). The molecule has 0 aliphatic heterocycles. The largest absolute Gasteiger partial charge is 0.662 e. The molecule has 0 aliphatic carbocycles. The van der Waals surface area contributed by atoms with Crippen LogP contribution in [0.1, 0.15) is 0 Å². The molecule has 0 bridgehead atoms. The standard InChI is InChI=1S/CH5BO4/c1-5-6-2(3)4/h3-4H,1H3. The summed E-state index contributed by atoms with van der Waals surface area (Å²) >= 11 is 0. The SMILES string of the molecule is COOB(O)O. The average Bonchev–Trinajstić information content (AvgIpc) is 1.35. The molecule has 36 valence electrons. The highest BCUT2D eigenvalue weighted by atomic mass is 17.2. The number of hydrogen-bond donors (Lipinski definition) is 2. The monoisotopic (exact) mass is 92.0 g/mol. The molecule has 0 unspecified atom stereocenters. The molecule has 6 heavy (non-hydrogen) atoms. The van der Waals surface area contributed by atoms with Gasteiger partial charge in [0, 0.05) is 0 Å². The van der Waals surface area contributed by atoms with Gasteiger partial charge in [-0.1, -0.05) is 0 Å². The Kier molecular flexibility index (Phi) is 3.06. The molecule has 4 nitrogen and oxygen atoms in total. The van der Waals surface area contributed by atoms with Gasteiger partial charge in [0.15, 0.2) is 0 Å². The lowest BCUT2D eigenvalue weighted by atomic mass is 10.3. The van der Waals surface area contributed by atoms with Gasteiger partial charge in [-0.25, -0.2) is 4.81 Å². The average molecular weight is 91.9 g/mol. The summed E-state index contributed by atoms with van der Waals surface area (Å²) in [4.78, 5) is 7.46. The molecule has 0 radical (unpaired) electrons. The first-order valence-corrected chi connectivity index (χ1v) is 1.33. The Balaban J connectivity index is 2.63. The quantitative estimate of drug-likeness (QED) is 0.248. The summed E-state index contributed by atoms with van der Waals surface area (Å²) in [5.41, 5.74) is 0. The molecule has 0 aromatic carbocycles. The maximum atomic E-state index is 7.76. The van der Waals surface area contributed by atoms with Gasteiger partial charge in [0.2, 0.25) is 0 Å². The van der Waals surface area contributed by atoms with Crippen molar-refractivity contribution in [1.82, 2.24) is 0 Å². The van der Waals surface area contributed by atoms with Crippen molar-refractivity contribution < 1.29 is 19.7 Å². The Morgan fingerprint density at radius 3 is 2.00 bits per heavy atom. The van der Waals surface area contributed by atoms with Crippen LogP contribution < -0.4 is 0 Å². The first-order valence-electron chi connectivity index (χ1n) is 1.33. The minimum Gasteiger partial charge on any atom is -0.400 e. The molecule has 0 saturated heterocycles. The van der Waals surface area contributed by atoms with Crippen molar-refractivity contribution in [2.24, 2.45) is 0 Å². The van der Waals surface area contributed by atoms with E-state index in [9.17, 15) is 0 Å². The molecule has 0 aromatic heterocycles. The van der Waals surface area contributed by atoms with E-state index in [0.717, 1.165) is 0 Å². The molecule has 2 N–H and O–H groups in total. The van der Waals surface area contributed by atoms with Gasteiger partial charge in [0.1, 0.15) is 0 Å². The van der Waals surface area contributed by atoms with Crippen LogP contribution >= 0.6 is 0 Å². The van der Waals surface area contributed by atoms with Crippen LogP contribution in [-0.4, -0.2) is 24.5 Å². The Labute approximate surface area is 35.4 Å². The predicted octanol–water partition coefficient (Wildman–Crippen LogP) is -1.47. The van der Waals surface area contributed by atoms with Crippen LogP contribution in [0.15, 0.2) is 0 Å². The maximum Gasteiger partial charge on any atom is 0.662 e. The summed E-state index contributed by atoms with van der Waals surface area (Å²) in [5.74, 6) is 0. The summed E-state index contributed by atoms with van der Waals surface area (Å²) < 4.78 is 0. The molecule has 0 atom stereocenters. The normalized spacial score (nSPS) is 8.50. The third kappa shape index (κ3) is 3.90. The summed E-state index contributed by atoms with van der Waals surface area (Å²) in [6.45, 7) is 0. The van der Waals surface area contributed by atoms with Crippen molar-refractivity contribution in [2.45, 2.75) is 0 Å². The zero-order valence-electron chi connectivity index (χ0n) is 3.29. The molecule has 0 aliphatic rings. The van der Waals surface area contributed by atoms with E-state index in [1.807, 2.05) is 0 Å². The molecule has 0 amide bonds. The van der Waals surface area contributed by atoms with E-state index in [4.69, 9.17) is 10.0 Å². The molecular formula is CH5BO4. The first-order chi connectivity index (χ1) is 2.77. The minimum atomic E-state index is -1.82. The lowest BCUT2D eigenvalue weighted by molar-refractivity contribution is -0.208. The van der Waals surface area contributed by atoms with Gasteiger partial charge in [-0.3, -0.25) is 4.89 Å². The topological polar surface area (TPSA) is 58.9 Å². The van der Waals surface area contributed by atoms with Crippen LogP contribution in [0, 0.1) is 0 Å². The second-order valence-corrected chi connectivity index (χ2v) is 0.589. The Morgan fingerprint density at radius 1 is 1.50 bits per heavy atom. The van der Waals surface area contributed by atoms with Gasteiger partial charge in [-0.2, -0.15) is 0 Å². The third-order valence-corrected chi connectivity index (χ3v) is 0.182. The fraction of sp³-hybridized carbons (Fsp3) is 1.00. The molecular weight excluding hydrogens is 86.8 g/mol. The van der Waals surface area contributed by atoms with Crippen LogP contribution in [-0.2, 0) is 9.69 Å². The second-order valence-electron chi connectivity index (χ2n) is 0.589. The Bertz CT molecular complexity index is 28.7. The Morgan fingerprint density at radius 2 is 2.00 bits per heavy atom. The lowest BCUT2D eigenvalue weighted by Gasteiger charge is -1.91. The van der Waals surface area contributed by atoms with E-state index in [1.54, 1.807) is 0 Å². The highest BCUT2D eigenvalue weighted by Gasteiger charge is 2.06. The molecule has 0 fully saturated rings. The van der Waals surface area contributed by atoms with Crippen molar-refractivity contribution in [3.63, 3.8) is 0 Å². The molecule has 5 heteroatoms. The number of hydrogen-bond acceptors (Lipinski definition) is 4. The van der Waals surface area contributed by atoms with E-state index < -0.39 is 7.32 Å². The van der Waals surface area contributed by atoms with Crippen molar-refractivity contribution in [3.05, 3.63) is 0 Å². The van der Waals surface area contributed by atoms with Crippen LogP contribution in [0.2, 0.25) is 0 Å². The molecule has 0 heterocycles. The first kappa shape index (κ1) is 5.90. The van der Waals surface area contributed by atoms with Crippen molar-refractivity contribution >= 4 is 7.32 Å². The van der Waals surface area contributed by atoms with Crippen LogP contribution in [0.5, 0.6) is 0 Å². The minimum absolute atomic E-state index is 1.18. The maximum absolute atomic E-state index is 7.76. The van der Waals surface area contributed by atoms with E-state index in [-0.39, 0.29) is 0 Å². The summed E-state index contributed by atoms with van der Waals surface area (Å²) in [6.07, 6.45) is 0. The van der Waals surface area contributed by atoms with Gasteiger partial charge >= 0.3 is 7.32 Å². The van der Waals surface area contributed by atoms with E-state index in [0.29, 0.717) is 0 Å². The fourth-order valence-corrected chi connectivity index (χ4v) is 0.0861. The molecule has 0 saturated carbocycles. The fourth-order valence-electron chi connectivity index (χ4n) is 0.0861. The third-order valence-electron chi connectivity index (χ3n) is 0.182. The van der Waals surface area contributed by atoms with Crippen LogP contribution in [0.25, 0.3) is 0 Å². The van der Waals surface area contributed by atoms with Crippen molar-refractivity contribution in [3.8, 4) is 0 Å². The van der Waals surface area contributed by atoms with Crippen molar-refractivity contribution in [1.29, 1.82) is 0 Å². The van der Waals surface area contributed by atoms with E-state index in [2.05, 4.69) is 9.69 Å². The van der Waals surface area contributed by atoms with E-state index in [1.165, 1.54) is 7.11 Å². The van der Waals surface area contributed by atoms with Gasteiger partial charge in [0.25, 0.3) is 0 Å². The van der Waals surface area contributed by atoms with Crippen LogP contribution in [0.3, 0.4) is 0 Å². The Hall–Kier alpha value is -0.0951. The summed E-state index contributed by atoms with van der Waals surface area (Å²) in [7, 11) is -0.644. The zero-order valence-corrected chi connectivity index (χ0v) is 3.29. The van der Waals surface area contributed by atoms with Crippen molar-refractivity contribution in [2.75, 3.05) is 7.11 Å². The van der Waals surface area contributed by atoms with Gasteiger partial charge < -0.3 is 10.0 Å². The predicted molar refractivity (Wildman–Crippen MR) is 18.3 cm³/mol. The molecule has 0 aromatic rings. The lowest BCUT2D eigenvalue weighted by Crippen LogP contribution is -2.15. The summed E-state index contributed by atoms with van der Waals surface area (Å²) in [5, 5.41) is 15.5. The highest BCUT2D eigenvalue weighted by molar-refractivity contribution is 6.32. The van der Waals surface area contributed by atoms with Gasteiger partial charge in [-0.05, 0) is 0 Å². The summed E-state index contributed by atoms with van der Waals surface area (Å²) in [6, 6.07) is 0. The van der Waals surface area contributed by atoms with Gasteiger partial charge in [-0.15, -0.1) is 0 Å². The van der Waals surface area contributed by atoms with Gasteiger partial charge in [0.05, 0.1) is 7.11 Å². The zero-order chi connectivity index (χ0) is 4.99. The van der Waals surface area contributed by atoms with E-state index >= 15 is 0 Å².